The lowest BCUT2D eigenvalue weighted by Crippen LogP contribution is -2.41. The molecule has 0 radical (unpaired) electrons. The minimum absolute atomic E-state index is 0.108. The van der Waals surface area contributed by atoms with Crippen molar-refractivity contribution in [2.45, 2.75) is 38.6 Å². The number of rotatable bonds is 6. The molecule has 2 amide bonds. The maximum absolute atomic E-state index is 12.7. The highest BCUT2D eigenvalue weighted by Crippen LogP contribution is 2.46. The SMILES string of the molecule is CS(=O)(=O)N(CCN1C(=O)CC2(CCCC2)C1=O)Cc1ccccc1. The molecule has 1 saturated heterocycles. The van der Waals surface area contributed by atoms with E-state index in [-0.39, 0.29) is 37.9 Å². The Labute approximate surface area is 148 Å². The van der Waals surface area contributed by atoms with Crippen LogP contribution >= 0.6 is 0 Å². The number of hydrogen-bond acceptors (Lipinski definition) is 4. The highest BCUT2D eigenvalue weighted by Gasteiger charge is 2.52. The van der Waals surface area contributed by atoms with Crippen LogP contribution in [0.3, 0.4) is 0 Å². The van der Waals surface area contributed by atoms with Gasteiger partial charge >= 0.3 is 0 Å². The fourth-order valence-corrected chi connectivity index (χ4v) is 4.69. The van der Waals surface area contributed by atoms with Gasteiger partial charge in [0.1, 0.15) is 0 Å². The quantitative estimate of drug-likeness (QED) is 0.721. The third kappa shape index (κ3) is 3.77. The van der Waals surface area contributed by atoms with Crippen molar-refractivity contribution in [3.05, 3.63) is 35.9 Å². The summed E-state index contributed by atoms with van der Waals surface area (Å²) in [5, 5.41) is 0. The molecule has 25 heavy (non-hydrogen) atoms. The zero-order valence-corrected chi connectivity index (χ0v) is 15.3. The Morgan fingerprint density at radius 1 is 1.12 bits per heavy atom. The van der Waals surface area contributed by atoms with Crippen molar-refractivity contribution >= 4 is 21.8 Å². The molecular formula is C18H24N2O4S. The summed E-state index contributed by atoms with van der Waals surface area (Å²) in [5.74, 6) is -0.275. The summed E-state index contributed by atoms with van der Waals surface area (Å²) in [7, 11) is -3.43. The lowest BCUT2D eigenvalue weighted by atomic mass is 9.84. The largest absolute Gasteiger partial charge is 0.281 e. The van der Waals surface area contributed by atoms with Crippen LogP contribution in [0.1, 0.15) is 37.7 Å². The Hall–Kier alpha value is -1.73. The average Bonchev–Trinajstić information content (AvgIpc) is 3.11. The molecule has 1 heterocycles. The molecule has 6 nitrogen and oxygen atoms in total. The van der Waals surface area contributed by atoms with Crippen molar-refractivity contribution in [2.75, 3.05) is 19.3 Å². The molecule has 0 aromatic heterocycles. The summed E-state index contributed by atoms with van der Waals surface area (Å²) < 4.78 is 25.5. The van der Waals surface area contributed by atoms with Crippen LogP contribution in [-0.2, 0) is 26.2 Å². The smallest absolute Gasteiger partial charge is 0.235 e. The van der Waals surface area contributed by atoms with Gasteiger partial charge < -0.3 is 0 Å². The van der Waals surface area contributed by atoms with E-state index >= 15 is 0 Å². The van der Waals surface area contributed by atoms with Crippen LogP contribution in [0.15, 0.2) is 30.3 Å². The Morgan fingerprint density at radius 2 is 1.76 bits per heavy atom. The van der Waals surface area contributed by atoms with Crippen molar-refractivity contribution < 1.29 is 18.0 Å². The number of hydrogen-bond donors (Lipinski definition) is 0. The van der Waals surface area contributed by atoms with Gasteiger partial charge in [0.25, 0.3) is 0 Å². The van der Waals surface area contributed by atoms with E-state index in [1.165, 1.54) is 9.21 Å². The Kier molecular flexibility index (Phi) is 4.97. The predicted octanol–water partition coefficient (Wildman–Crippen LogP) is 1.77. The van der Waals surface area contributed by atoms with E-state index in [2.05, 4.69) is 0 Å². The fraction of sp³-hybridized carbons (Fsp3) is 0.556. The highest BCUT2D eigenvalue weighted by atomic mass is 32.2. The molecule has 0 atom stereocenters. The van der Waals surface area contributed by atoms with Crippen LogP contribution in [0.2, 0.25) is 0 Å². The molecule has 1 saturated carbocycles. The van der Waals surface area contributed by atoms with Crippen molar-refractivity contribution in [1.82, 2.24) is 9.21 Å². The number of benzene rings is 1. The van der Waals surface area contributed by atoms with Crippen LogP contribution in [0.5, 0.6) is 0 Å². The van der Waals surface area contributed by atoms with E-state index in [1.54, 1.807) is 0 Å². The van der Waals surface area contributed by atoms with Gasteiger partial charge in [0, 0.05) is 26.1 Å². The van der Waals surface area contributed by atoms with Gasteiger partial charge in [0.05, 0.1) is 11.7 Å². The molecule has 1 aromatic rings. The van der Waals surface area contributed by atoms with Crippen molar-refractivity contribution in [3.63, 3.8) is 0 Å². The van der Waals surface area contributed by atoms with Crippen LogP contribution in [0.4, 0.5) is 0 Å². The lowest BCUT2D eigenvalue weighted by molar-refractivity contribution is -0.141. The van der Waals surface area contributed by atoms with E-state index < -0.39 is 15.4 Å². The molecule has 1 spiro atoms. The first kappa shape index (κ1) is 18.1. The van der Waals surface area contributed by atoms with Gasteiger partial charge in [-0.25, -0.2) is 8.42 Å². The summed E-state index contributed by atoms with van der Waals surface area (Å²) in [6.45, 7) is 0.488. The van der Waals surface area contributed by atoms with Crippen molar-refractivity contribution in [1.29, 1.82) is 0 Å². The fourth-order valence-electron chi connectivity index (χ4n) is 3.89. The number of likely N-dealkylation sites (tertiary alicyclic amines) is 1. The van der Waals surface area contributed by atoms with Gasteiger partial charge in [-0.2, -0.15) is 4.31 Å². The van der Waals surface area contributed by atoms with Crippen LogP contribution < -0.4 is 0 Å². The van der Waals surface area contributed by atoms with Gasteiger partial charge in [-0.05, 0) is 18.4 Å². The molecule has 136 valence electrons. The monoisotopic (exact) mass is 364 g/mol. The maximum atomic E-state index is 12.7. The van der Waals surface area contributed by atoms with Gasteiger partial charge in [-0.1, -0.05) is 43.2 Å². The molecule has 1 aliphatic carbocycles. The van der Waals surface area contributed by atoms with Crippen LogP contribution in [0.25, 0.3) is 0 Å². The molecule has 0 bridgehead atoms. The van der Waals surface area contributed by atoms with Gasteiger partial charge in [-0.3, -0.25) is 14.5 Å². The van der Waals surface area contributed by atoms with Crippen LogP contribution in [0, 0.1) is 5.41 Å². The summed E-state index contributed by atoms with van der Waals surface area (Å²) in [5.41, 5.74) is 0.367. The first-order chi connectivity index (χ1) is 11.8. The van der Waals surface area contributed by atoms with Crippen molar-refractivity contribution in [3.8, 4) is 0 Å². The number of amides is 2. The van der Waals surface area contributed by atoms with E-state index in [9.17, 15) is 18.0 Å². The summed E-state index contributed by atoms with van der Waals surface area (Å²) in [6.07, 6.45) is 4.94. The summed E-state index contributed by atoms with van der Waals surface area (Å²) in [4.78, 5) is 26.3. The number of sulfonamides is 1. The van der Waals surface area contributed by atoms with E-state index in [0.29, 0.717) is 0 Å². The first-order valence-electron chi connectivity index (χ1n) is 8.66. The van der Waals surface area contributed by atoms with Gasteiger partial charge in [-0.15, -0.1) is 0 Å². The lowest BCUT2D eigenvalue weighted by Gasteiger charge is -2.24. The number of carbonyl (C=O) groups is 2. The topological polar surface area (TPSA) is 74.8 Å². The molecule has 0 N–H and O–H groups in total. The zero-order valence-electron chi connectivity index (χ0n) is 14.5. The molecule has 1 aromatic carbocycles. The van der Waals surface area contributed by atoms with Gasteiger partial charge in [0.15, 0.2) is 0 Å². The minimum atomic E-state index is -3.43. The standard InChI is InChI=1S/C18H24N2O4S/c1-25(23,24)19(14-15-7-3-2-4-8-15)11-12-20-16(21)13-18(17(20)22)9-5-6-10-18/h2-4,7-8H,5-6,9-14H2,1H3. The van der Waals surface area contributed by atoms with E-state index in [0.717, 1.165) is 37.5 Å². The third-order valence-corrected chi connectivity index (χ3v) is 6.54. The first-order valence-corrected chi connectivity index (χ1v) is 10.5. The molecular weight excluding hydrogens is 340 g/mol. The normalized spacial score (nSPS) is 20.2. The van der Waals surface area contributed by atoms with Gasteiger partial charge in [0.2, 0.25) is 21.8 Å². The molecule has 0 unspecified atom stereocenters. The third-order valence-electron chi connectivity index (χ3n) is 5.29. The highest BCUT2D eigenvalue weighted by molar-refractivity contribution is 7.88. The Morgan fingerprint density at radius 3 is 2.36 bits per heavy atom. The number of nitrogens with zero attached hydrogens (tertiary/aromatic N) is 2. The Balaban J connectivity index is 1.69. The van der Waals surface area contributed by atoms with Crippen molar-refractivity contribution in [2.24, 2.45) is 5.41 Å². The molecule has 3 rings (SSSR count). The minimum Gasteiger partial charge on any atom is -0.281 e. The van der Waals surface area contributed by atoms with E-state index in [4.69, 9.17) is 0 Å². The second kappa shape index (κ2) is 6.88. The van der Waals surface area contributed by atoms with E-state index in [1.807, 2.05) is 30.3 Å². The Bertz CT molecular complexity index is 755. The predicted molar refractivity (Wildman–Crippen MR) is 93.9 cm³/mol. The number of imide groups is 1. The molecule has 1 aliphatic heterocycles. The zero-order chi connectivity index (χ0) is 18.1. The summed E-state index contributed by atoms with van der Waals surface area (Å²) in [6, 6.07) is 9.30. The van der Waals surface area contributed by atoms with Crippen LogP contribution in [-0.4, -0.2) is 48.8 Å². The summed E-state index contributed by atoms with van der Waals surface area (Å²) >= 11 is 0. The second-order valence-corrected chi connectivity index (χ2v) is 9.08. The number of carbonyl (C=O) groups excluding carboxylic acids is 2. The maximum Gasteiger partial charge on any atom is 0.235 e. The second-order valence-electron chi connectivity index (χ2n) is 7.10. The molecule has 7 heteroatoms. The molecule has 2 fully saturated rings. The molecule has 2 aliphatic rings. The average molecular weight is 364 g/mol.